The Balaban J connectivity index is 2.36. The molecule has 1 aliphatic rings. The zero-order valence-electron chi connectivity index (χ0n) is 7.58. The number of hydrogen-bond acceptors (Lipinski definition) is 3. The molecule has 0 amide bonds. The highest BCUT2D eigenvalue weighted by atomic mass is 14.7. The molecule has 0 aromatic heterocycles. The minimum absolute atomic E-state index is 0.613. The number of aliphatic imine (C=N–C) groups is 1. The summed E-state index contributed by atoms with van der Waals surface area (Å²) in [6.07, 6.45) is 5.39. The molecular formula is C9H19N3. The van der Waals surface area contributed by atoms with Crippen molar-refractivity contribution in [3.8, 4) is 0 Å². The molecule has 0 aliphatic carbocycles. The average molecular weight is 169 g/mol. The van der Waals surface area contributed by atoms with Crippen molar-refractivity contribution in [2.45, 2.75) is 19.3 Å². The highest BCUT2D eigenvalue weighted by Gasteiger charge is 2.19. The largest absolute Gasteiger partial charge is 0.330 e. The third kappa shape index (κ3) is 2.57. The summed E-state index contributed by atoms with van der Waals surface area (Å²) in [5.41, 5.74) is 11.2. The van der Waals surface area contributed by atoms with Crippen LogP contribution in [0, 0.1) is 11.8 Å². The zero-order valence-corrected chi connectivity index (χ0v) is 7.58. The van der Waals surface area contributed by atoms with Crippen molar-refractivity contribution in [1.82, 2.24) is 0 Å². The number of rotatable bonds is 4. The van der Waals surface area contributed by atoms with Gasteiger partial charge in [0, 0.05) is 6.54 Å². The summed E-state index contributed by atoms with van der Waals surface area (Å²) in [6, 6.07) is 0. The van der Waals surface area contributed by atoms with E-state index in [1.54, 1.807) is 0 Å². The fourth-order valence-electron chi connectivity index (χ4n) is 1.85. The Hall–Kier alpha value is -0.410. The maximum absolute atomic E-state index is 5.69. The topological polar surface area (TPSA) is 64.4 Å². The summed E-state index contributed by atoms with van der Waals surface area (Å²) in [4.78, 5) is 4.21. The van der Waals surface area contributed by atoms with Gasteiger partial charge in [0.2, 0.25) is 0 Å². The van der Waals surface area contributed by atoms with E-state index in [-0.39, 0.29) is 0 Å². The van der Waals surface area contributed by atoms with Gasteiger partial charge < -0.3 is 11.5 Å². The molecule has 70 valence electrons. The molecule has 0 saturated heterocycles. The van der Waals surface area contributed by atoms with Gasteiger partial charge in [0.05, 0.1) is 0 Å². The third-order valence-electron chi connectivity index (χ3n) is 2.67. The standard InChI is InChI=1S/C9H19N3/c10-4-1-9(7-11)8-2-5-12-6-3-8/h5,8-9H,1-4,6-7,10-11H2. The highest BCUT2D eigenvalue weighted by Crippen LogP contribution is 2.23. The van der Waals surface area contributed by atoms with Crippen molar-refractivity contribution in [3.05, 3.63) is 0 Å². The van der Waals surface area contributed by atoms with Crippen molar-refractivity contribution < 1.29 is 0 Å². The molecule has 1 heterocycles. The fraction of sp³-hybridized carbons (Fsp3) is 0.889. The highest BCUT2D eigenvalue weighted by molar-refractivity contribution is 5.58. The SMILES string of the molecule is NCCC(CN)C1CC=NCC1. The van der Waals surface area contributed by atoms with Crippen LogP contribution in [0.1, 0.15) is 19.3 Å². The van der Waals surface area contributed by atoms with Crippen LogP contribution in [0.5, 0.6) is 0 Å². The van der Waals surface area contributed by atoms with E-state index in [2.05, 4.69) is 4.99 Å². The van der Waals surface area contributed by atoms with E-state index in [4.69, 9.17) is 11.5 Å². The normalized spacial score (nSPS) is 25.7. The van der Waals surface area contributed by atoms with E-state index in [9.17, 15) is 0 Å². The number of nitrogens with two attached hydrogens (primary N) is 2. The molecular weight excluding hydrogens is 150 g/mol. The van der Waals surface area contributed by atoms with Crippen molar-refractivity contribution in [1.29, 1.82) is 0 Å². The van der Waals surface area contributed by atoms with Crippen molar-refractivity contribution >= 4 is 6.21 Å². The van der Waals surface area contributed by atoms with Crippen LogP contribution < -0.4 is 11.5 Å². The molecule has 0 aromatic carbocycles. The predicted octanol–water partition coefficient (Wildman–Crippen LogP) is 0.391. The van der Waals surface area contributed by atoms with Crippen LogP contribution in [0.25, 0.3) is 0 Å². The van der Waals surface area contributed by atoms with Gasteiger partial charge in [0.25, 0.3) is 0 Å². The van der Waals surface area contributed by atoms with Gasteiger partial charge in [-0.3, -0.25) is 4.99 Å². The van der Waals surface area contributed by atoms with Crippen molar-refractivity contribution in [3.63, 3.8) is 0 Å². The van der Waals surface area contributed by atoms with Crippen LogP contribution >= 0.6 is 0 Å². The molecule has 3 nitrogen and oxygen atoms in total. The van der Waals surface area contributed by atoms with Crippen LogP contribution in [0.15, 0.2) is 4.99 Å². The summed E-state index contributed by atoms with van der Waals surface area (Å²) < 4.78 is 0. The maximum atomic E-state index is 5.69. The summed E-state index contributed by atoms with van der Waals surface area (Å²) >= 11 is 0. The third-order valence-corrected chi connectivity index (χ3v) is 2.67. The van der Waals surface area contributed by atoms with E-state index in [1.807, 2.05) is 6.21 Å². The molecule has 0 aromatic rings. The molecule has 0 fully saturated rings. The first-order valence-corrected chi connectivity index (χ1v) is 4.77. The van der Waals surface area contributed by atoms with Gasteiger partial charge in [0.1, 0.15) is 0 Å². The minimum Gasteiger partial charge on any atom is -0.330 e. The molecule has 1 rings (SSSR count). The van der Waals surface area contributed by atoms with E-state index in [0.29, 0.717) is 5.92 Å². The Labute approximate surface area is 74.2 Å². The van der Waals surface area contributed by atoms with Gasteiger partial charge >= 0.3 is 0 Å². The van der Waals surface area contributed by atoms with Gasteiger partial charge in [-0.15, -0.1) is 0 Å². The molecule has 2 unspecified atom stereocenters. The smallest absolute Gasteiger partial charge is 0.0388 e. The fourth-order valence-corrected chi connectivity index (χ4v) is 1.85. The van der Waals surface area contributed by atoms with Gasteiger partial charge in [0.15, 0.2) is 0 Å². The second kappa shape index (κ2) is 5.27. The van der Waals surface area contributed by atoms with E-state index >= 15 is 0 Å². The first kappa shape index (κ1) is 9.68. The summed E-state index contributed by atoms with van der Waals surface area (Å²) in [7, 11) is 0. The van der Waals surface area contributed by atoms with Crippen LogP contribution in [0.3, 0.4) is 0 Å². The summed E-state index contributed by atoms with van der Waals surface area (Å²) in [5, 5.41) is 0. The first-order chi connectivity index (χ1) is 5.88. The lowest BCUT2D eigenvalue weighted by Crippen LogP contribution is -2.28. The Bertz CT molecular complexity index is 145. The predicted molar refractivity (Wildman–Crippen MR) is 52.3 cm³/mol. The Kier molecular flexibility index (Phi) is 4.25. The molecule has 1 aliphatic heterocycles. The Morgan fingerprint density at radius 3 is 2.83 bits per heavy atom. The molecule has 0 bridgehead atoms. The summed E-state index contributed by atoms with van der Waals surface area (Å²) in [6.45, 7) is 2.51. The lowest BCUT2D eigenvalue weighted by molar-refractivity contribution is 0.312. The van der Waals surface area contributed by atoms with Gasteiger partial charge in [-0.2, -0.15) is 0 Å². The molecule has 12 heavy (non-hydrogen) atoms. The van der Waals surface area contributed by atoms with Gasteiger partial charge in [-0.05, 0) is 50.4 Å². The molecule has 0 spiro atoms. The monoisotopic (exact) mass is 169 g/mol. The molecule has 4 N–H and O–H groups in total. The van der Waals surface area contributed by atoms with Crippen LogP contribution in [-0.4, -0.2) is 25.8 Å². The van der Waals surface area contributed by atoms with Crippen molar-refractivity contribution in [2.24, 2.45) is 28.3 Å². The summed E-state index contributed by atoms with van der Waals surface area (Å²) in [5.74, 6) is 1.35. The second-order valence-corrected chi connectivity index (χ2v) is 3.45. The zero-order chi connectivity index (χ0) is 8.81. The maximum Gasteiger partial charge on any atom is 0.0388 e. The van der Waals surface area contributed by atoms with E-state index in [1.165, 1.54) is 6.42 Å². The quantitative estimate of drug-likeness (QED) is 0.639. The lowest BCUT2D eigenvalue weighted by Gasteiger charge is -2.25. The van der Waals surface area contributed by atoms with E-state index < -0.39 is 0 Å². The molecule has 3 heteroatoms. The molecule has 0 radical (unpaired) electrons. The Morgan fingerprint density at radius 2 is 2.33 bits per heavy atom. The second-order valence-electron chi connectivity index (χ2n) is 3.45. The lowest BCUT2D eigenvalue weighted by atomic mass is 9.84. The van der Waals surface area contributed by atoms with Crippen LogP contribution in [0.2, 0.25) is 0 Å². The van der Waals surface area contributed by atoms with Gasteiger partial charge in [-0.1, -0.05) is 0 Å². The van der Waals surface area contributed by atoms with Crippen LogP contribution in [0.4, 0.5) is 0 Å². The molecule has 2 atom stereocenters. The Morgan fingerprint density at radius 1 is 1.50 bits per heavy atom. The number of hydrogen-bond donors (Lipinski definition) is 2. The van der Waals surface area contributed by atoms with Crippen LogP contribution in [-0.2, 0) is 0 Å². The average Bonchev–Trinajstić information content (AvgIpc) is 2.15. The first-order valence-electron chi connectivity index (χ1n) is 4.77. The van der Waals surface area contributed by atoms with E-state index in [0.717, 1.165) is 38.4 Å². The number of nitrogens with zero attached hydrogens (tertiary/aromatic N) is 1. The van der Waals surface area contributed by atoms with Gasteiger partial charge in [-0.25, -0.2) is 0 Å². The molecule has 0 saturated carbocycles. The van der Waals surface area contributed by atoms with Crippen molar-refractivity contribution in [2.75, 3.05) is 19.6 Å². The minimum atomic E-state index is 0.613.